The summed E-state index contributed by atoms with van der Waals surface area (Å²) in [6.07, 6.45) is 5.38. The van der Waals surface area contributed by atoms with Crippen molar-refractivity contribution in [1.82, 2.24) is 10.2 Å². The molecule has 0 amide bonds. The van der Waals surface area contributed by atoms with Crippen LogP contribution < -0.4 is 10.1 Å². The SMILES string of the molecule is CCN(CCOc1ccccc1C)C1CC2CCC(C1)N2. The van der Waals surface area contributed by atoms with E-state index in [1.807, 2.05) is 6.07 Å². The molecular weight excluding hydrogens is 260 g/mol. The topological polar surface area (TPSA) is 24.5 Å². The fourth-order valence-corrected chi connectivity index (χ4v) is 3.92. The van der Waals surface area contributed by atoms with Crippen molar-refractivity contribution in [3.63, 3.8) is 0 Å². The standard InChI is InChI=1S/C18H28N2O/c1-3-20(17-12-15-8-9-16(13-17)19-15)10-11-21-18-7-5-4-6-14(18)2/h4-7,15-17,19H,3,8-13H2,1-2H3. The van der Waals surface area contributed by atoms with Gasteiger partial charge in [-0.15, -0.1) is 0 Å². The molecule has 1 aromatic carbocycles. The molecule has 116 valence electrons. The molecule has 0 saturated carbocycles. The molecule has 0 spiro atoms. The Morgan fingerprint density at radius 1 is 1.19 bits per heavy atom. The van der Waals surface area contributed by atoms with E-state index in [1.165, 1.54) is 31.2 Å². The fourth-order valence-electron chi connectivity index (χ4n) is 3.92. The maximum Gasteiger partial charge on any atom is 0.122 e. The molecule has 3 heteroatoms. The third-order valence-corrected chi connectivity index (χ3v) is 5.10. The van der Waals surface area contributed by atoms with Gasteiger partial charge in [0.2, 0.25) is 0 Å². The number of ether oxygens (including phenoxy) is 1. The molecule has 2 fully saturated rings. The first-order valence-corrected chi connectivity index (χ1v) is 8.44. The lowest BCUT2D eigenvalue weighted by Gasteiger charge is -2.37. The Labute approximate surface area is 128 Å². The van der Waals surface area contributed by atoms with Crippen molar-refractivity contribution in [2.45, 2.75) is 57.7 Å². The Morgan fingerprint density at radius 3 is 2.57 bits per heavy atom. The molecule has 2 heterocycles. The number of nitrogens with one attached hydrogen (secondary N) is 1. The third kappa shape index (κ3) is 3.58. The second-order valence-electron chi connectivity index (χ2n) is 6.51. The first-order valence-electron chi connectivity index (χ1n) is 8.44. The highest BCUT2D eigenvalue weighted by Crippen LogP contribution is 2.29. The van der Waals surface area contributed by atoms with Crippen molar-refractivity contribution in [2.75, 3.05) is 19.7 Å². The molecule has 1 aromatic rings. The summed E-state index contributed by atoms with van der Waals surface area (Å²) in [5.41, 5.74) is 1.22. The lowest BCUT2D eigenvalue weighted by atomic mass is 9.98. The van der Waals surface area contributed by atoms with Crippen LogP contribution >= 0.6 is 0 Å². The van der Waals surface area contributed by atoms with Crippen molar-refractivity contribution in [1.29, 1.82) is 0 Å². The third-order valence-electron chi connectivity index (χ3n) is 5.10. The van der Waals surface area contributed by atoms with Gasteiger partial charge < -0.3 is 10.1 Å². The van der Waals surface area contributed by atoms with Crippen LogP contribution in [0.3, 0.4) is 0 Å². The van der Waals surface area contributed by atoms with Gasteiger partial charge in [-0.05, 0) is 50.8 Å². The molecule has 0 radical (unpaired) electrons. The summed E-state index contributed by atoms with van der Waals surface area (Å²) in [5, 5.41) is 3.73. The zero-order chi connectivity index (χ0) is 14.7. The smallest absolute Gasteiger partial charge is 0.122 e. The van der Waals surface area contributed by atoms with E-state index < -0.39 is 0 Å². The Kier molecular flexibility index (Phi) is 4.81. The second-order valence-corrected chi connectivity index (χ2v) is 6.51. The van der Waals surface area contributed by atoms with Crippen molar-refractivity contribution < 1.29 is 4.74 Å². The molecule has 3 rings (SSSR count). The molecule has 2 aliphatic rings. The zero-order valence-corrected chi connectivity index (χ0v) is 13.3. The fraction of sp³-hybridized carbons (Fsp3) is 0.667. The molecule has 21 heavy (non-hydrogen) atoms. The molecule has 0 aromatic heterocycles. The van der Waals surface area contributed by atoms with Crippen LogP contribution in [0, 0.1) is 6.92 Å². The molecule has 0 aliphatic carbocycles. The highest BCUT2D eigenvalue weighted by Gasteiger charge is 2.35. The quantitative estimate of drug-likeness (QED) is 0.871. The monoisotopic (exact) mass is 288 g/mol. The van der Waals surface area contributed by atoms with Gasteiger partial charge in [-0.25, -0.2) is 0 Å². The summed E-state index contributed by atoms with van der Waals surface area (Å²) in [4.78, 5) is 2.62. The summed E-state index contributed by atoms with van der Waals surface area (Å²) in [5.74, 6) is 1.03. The number of piperidine rings is 1. The van der Waals surface area contributed by atoms with Crippen LogP contribution in [0.15, 0.2) is 24.3 Å². The molecular formula is C18H28N2O. The van der Waals surface area contributed by atoms with Gasteiger partial charge in [0.05, 0.1) is 0 Å². The van der Waals surface area contributed by atoms with Crippen LogP contribution in [0.2, 0.25) is 0 Å². The average molecular weight is 288 g/mol. The highest BCUT2D eigenvalue weighted by atomic mass is 16.5. The summed E-state index contributed by atoms with van der Waals surface area (Å²) in [7, 11) is 0. The van der Waals surface area contributed by atoms with E-state index in [1.54, 1.807) is 0 Å². The minimum Gasteiger partial charge on any atom is -0.492 e. The number of para-hydroxylation sites is 1. The number of likely N-dealkylation sites (N-methyl/N-ethyl adjacent to an activating group) is 1. The van der Waals surface area contributed by atoms with E-state index in [4.69, 9.17) is 4.74 Å². The van der Waals surface area contributed by atoms with Crippen molar-refractivity contribution in [3.05, 3.63) is 29.8 Å². The Morgan fingerprint density at radius 2 is 1.90 bits per heavy atom. The molecule has 1 N–H and O–H groups in total. The number of rotatable bonds is 6. The first kappa shape index (κ1) is 14.9. The number of hydrogen-bond acceptors (Lipinski definition) is 3. The lowest BCUT2D eigenvalue weighted by molar-refractivity contribution is 0.125. The largest absolute Gasteiger partial charge is 0.492 e. The summed E-state index contributed by atoms with van der Waals surface area (Å²) >= 11 is 0. The molecule has 2 unspecified atom stereocenters. The Balaban J connectivity index is 1.50. The van der Waals surface area contributed by atoms with Crippen LogP contribution in [-0.4, -0.2) is 42.7 Å². The van der Waals surface area contributed by atoms with Gasteiger partial charge >= 0.3 is 0 Å². The van der Waals surface area contributed by atoms with Crippen LogP contribution in [-0.2, 0) is 0 Å². The number of nitrogens with zero attached hydrogens (tertiary/aromatic N) is 1. The summed E-state index contributed by atoms with van der Waals surface area (Å²) in [6.45, 7) is 7.34. The van der Waals surface area contributed by atoms with E-state index in [-0.39, 0.29) is 0 Å². The minimum absolute atomic E-state index is 0.745. The first-order chi connectivity index (χ1) is 10.3. The van der Waals surface area contributed by atoms with Gasteiger partial charge in [0, 0.05) is 24.7 Å². The summed E-state index contributed by atoms with van der Waals surface area (Å²) in [6, 6.07) is 10.6. The number of aryl methyl sites for hydroxylation is 1. The second kappa shape index (κ2) is 6.80. The molecule has 3 nitrogen and oxygen atoms in total. The summed E-state index contributed by atoms with van der Waals surface area (Å²) < 4.78 is 5.97. The van der Waals surface area contributed by atoms with Crippen LogP contribution in [0.5, 0.6) is 5.75 Å². The molecule has 2 atom stereocenters. The number of benzene rings is 1. The Hall–Kier alpha value is -1.06. The van der Waals surface area contributed by atoms with Crippen LogP contribution in [0.25, 0.3) is 0 Å². The van der Waals surface area contributed by atoms with Crippen molar-refractivity contribution >= 4 is 0 Å². The average Bonchev–Trinajstić information content (AvgIpc) is 2.84. The predicted octanol–water partition coefficient (Wildman–Crippen LogP) is 2.98. The van der Waals surface area contributed by atoms with Gasteiger partial charge in [0.1, 0.15) is 12.4 Å². The van der Waals surface area contributed by atoms with Gasteiger partial charge in [0.25, 0.3) is 0 Å². The van der Waals surface area contributed by atoms with E-state index in [2.05, 4.69) is 42.3 Å². The maximum absolute atomic E-state index is 5.97. The minimum atomic E-state index is 0.745. The van der Waals surface area contributed by atoms with Gasteiger partial charge in [-0.1, -0.05) is 25.1 Å². The molecule has 2 saturated heterocycles. The normalized spacial score (nSPS) is 28.0. The number of hydrogen-bond donors (Lipinski definition) is 1. The molecule has 2 bridgehead atoms. The van der Waals surface area contributed by atoms with Gasteiger partial charge in [0.15, 0.2) is 0 Å². The highest BCUT2D eigenvalue weighted by molar-refractivity contribution is 5.31. The van der Waals surface area contributed by atoms with Crippen molar-refractivity contribution in [2.24, 2.45) is 0 Å². The zero-order valence-electron chi connectivity index (χ0n) is 13.3. The van der Waals surface area contributed by atoms with Crippen LogP contribution in [0.1, 0.15) is 38.2 Å². The molecule has 2 aliphatic heterocycles. The van der Waals surface area contributed by atoms with E-state index >= 15 is 0 Å². The van der Waals surface area contributed by atoms with E-state index in [0.29, 0.717) is 0 Å². The lowest BCUT2D eigenvalue weighted by Crippen LogP contribution is -2.49. The Bertz CT molecular complexity index is 450. The predicted molar refractivity (Wildman–Crippen MR) is 86.9 cm³/mol. The van der Waals surface area contributed by atoms with Crippen molar-refractivity contribution in [3.8, 4) is 5.75 Å². The van der Waals surface area contributed by atoms with E-state index in [0.717, 1.165) is 43.6 Å². The number of fused-ring (bicyclic) bond motifs is 2. The van der Waals surface area contributed by atoms with E-state index in [9.17, 15) is 0 Å². The maximum atomic E-state index is 5.97. The van der Waals surface area contributed by atoms with Gasteiger partial charge in [-0.2, -0.15) is 0 Å². The van der Waals surface area contributed by atoms with Gasteiger partial charge in [-0.3, -0.25) is 4.90 Å². The van der Waals surface area contributed by atoms with Crippen LogP contribution in [0.4, 0.5) is 0 Å².